The van der Waals surface area contributed by atoms with E-state index in [2.05, 4.69) is 15.9 Å². The normalized spacial score (nSPS) is 12.5. The quantitative estimate of drug-likeness (QED) is 0.868. The van der Waals surface area contributed by atoms with Gasteiger partial charge >= 0.3 is 5.97 Å². The van der Waals surface area contributed by atoms with Crippen LogP contribution >= 0.6 is 27.3 Å². The van der Waals surface area contributed by atoms with E-state index >= 15 is 0 Å². The maximum Gasteiger partial charge on any atom is 0.307 e. The topological polar surface area (TPSA) is 52.3 Å². The molecule has 1 heterocycles. The van der Waals surface area contributed by atoms with Gasteiger partial charge in [0.1, 0.15) is 0 Å². The lowest BCUT2D eigenvalue weighted by Crippen LogP contribution is -2.16. The van der Waals surface area contributed by atoms with Gasteiger partial charge in [-0.1, -0.05) is 0 Å². The number of hydrogen-bond acceptors (Lipinski definition) is 4. The van der Waals surface area contributed by atoms with Crippen LogP contribution in [0, 0.1) is 6.92 Å². The van der Waals surface area contributed by atoms with Crippen LogP contribution in [0.2, 0.25) is 0 Å². The molecule has 1 aromatic rings. The van der Waals surface area contributed by atoms with Crippen molar-refractivity contribution in [1.29, 1.82) is 0 Å². The summed E-state index contributed by atoms with van der Waals surface area (Å²) in [7, 11) is 0. The van der Waals surface area contributed by atoms with Crippen LogP contribution in [0.1, 0.15) is 29.1 Å². The van der Waals surface area contributed by atoms with E-state index in [9.17, 15) is 4.79 Å². The van der Waals surface area contributed by atoms with E-state index in [1.807, 2.05) is 13.0 Å². The number of rotatable bonds is 4. The van der Waals surface area contributed by atoms with Crippen LogP contribution in [0.5, 0.6) is 0 Å². The first-order valence-corrected chi connectivity index (χ1v) is 6.32. The van der Waals surface area contributed by atoms with Gasteiger partial charge in [-0.15, -0.1) is 11.3 Å². The minimum atomic E-state index is -0.265. The van der Waals surface area contributed by atoms with Gasteiger partial charge in [0.15, 0.2) is 0 Å². The SMILES string of the molecule is CCOC(=O)C[C@H](N)c1cc(Br)c(C)s1. The number of hydrogen-bond donors (Lipinski definition) is 1. The Morgan fingerprint density at radius 2 is 2.40 bits per heavy atom. The standard InChI is InChI=1S/C10H14BrNO2S/c1-3-14-10(13)5-8(12)9-4-7(11)6(2)15-9/h4,8H,3,5,12H2,1-2H3/t8-/m0/s1. The molecule has 15 heavy (non-hydrogen) atoms. The van der Waals surface area contributed by atoms with Crippen molar-refractivity contribution in [3.05, 3.63) is 20.3 Å². The van der Waals surface area contributed by atoms with E-state index in [0.717, 1.165) is 9.35 Å². The molecule has 1 rings (SSSR count). The number of ether oxygens (including phenoxy) is 1. The van der Waals surface area contributed by atoms with E-state index in [-0.39, 0.29) is 18.4 Å². The molecule has 0 aliphatic rings. The second-order valence-electron chi connectivity index (χ2n) is 3.17. The molecule has 0 aliphatic carbocycles. The predicted octanol–water partition coefficient (Wildman–Crippen LogP) is 2.77. The lowest BCUT2D eigenvalue weighted by molar-refractivity contribution is -0.143. The summed E-state index contributed by atoms with van der Waals surface area (Å²) in [6, 6.07) is 1.70. The third-order valence-corrected chi connectivity index (χ3v) is 4.20. The highest BCUT2D eigenvalue weighted by Crippen LogP contribution is 2.30. The van der Waals surface area contributed by atoms with E-state index in [1.165, 1.54) is 4.88 Å². The third-order valence-electron chi connectivity index (χ3n) is 1.93. The van der Waals surface area contributed by atoms with Crippen molar-refractivity contribution in [3.63, 3.8) is 0 Å². The second kappa shape index (κ2) is 5.63. The summed E-state index contributed by atoms with van der Waals surface area (Å²) < 4.78 is 5.89. The summed E-state index contributed by atoms with van der Waals surface area (Å²) in [6.07, 6.45) is 0.236. The summed E-state index contributed by atoms with van der Waals surface area (Å²) in [5.74, 6) is -0.243. The fourth-order valence-corrected chi connectivity index (χ4v) is 2.73. The number of nitrogens with two attached hydrogens (primary N) is 1. The molecule has 84 valence electrons. The van der Waals surface area contributed by atoms with Crippen molar-refractivity contribution >= 4 is 33.2 Å². The number of thiophene rings is 1. The van der Waals surface area contributed by atoms with Crippen LogP contribution < -0.4 is 5.73 Å². The van der Waals surface area contributed by atoms with Crippen LogP contribution in [0.25, 0.3) is 0 Å². The third kappa shape index (κ3) is 3.59. The van der Waals surface area contributed by atoms with Gasteiger partial charge in [0.2, 0.25) is 0 Å². The number of carbonyl (C=O) groups excluding carboxylic acids is 1. The number of halogens is 1. The Morgan fingerprint density at radius 1 is 1.73 bits per heavy atom. The average Bonchev–Trinajstić information content (AvgIpc) is 2.47. The molecule has 0 saturated carbocycles. The van der Waals surface area contributed by atoms with Crippen LogP contribution in [-0.2, 0) is 9.53 Å². The Kier molecular flexibility index (Phi) is 4.76. The maximum absolute atomic E-state index is 11.2. The molecule has 5 heteroatoms. The van der Waals surface area contributed by atoms with Crippen LogP contribution in [-0.4, -0.2) is 12.6 Å². The Hall–Kier alpha value is -0.390. The Morgan fingerprint density at radius 3 is 2.87 bits per heavy atom. The molecule has 3 nitrogen and oxygen atoms in total. The van der Waals surface area contributed by atoms with Gasteiger partial charge in [-0.2, -0.15) is 0 Å². The summed E-state index contributed by atoms with van der Waals surface area (Å²) in [5.41, 5.74) is 5.90. The van der Waals surface area contributed by atoms with Gasteiger partial charge in [0, 0.05) is 20.3 Å². The Balaban J connectivity index is 2.60. The molecule has 0 unspecified atom stereocenters. The monoisotopic (exact) mass is 291 g/mol. The Bertz CT molecular complexity index is 332. The van der Waals surface area contributed by atoms with Crippen molar-refractivity contribution in [2.75, 3.05) is 6.61 Å². The summed E-state index contributed by atoms with van der Waals surface area (Å²) in [6.45, 7) is 4.20. The first kappa shape index (κ1) is 12.7. The lowest BCUT2D eigenvalue weighted by atomic mass is 10.2. The zero-order chi connectivity index (χ0) is 11.4. The molecule has 0 aliphatic heterocycles. The van der Waals surface area contributed by atoms with Gasteiger partial charge < -0.3 is 10.5 Å². The van der Waals surface area contributed by atoms with Crippen molar-refractivity contribution in [1.82, 2.24) is 0 Å². The molecule has 0 saturated heterocycles. The highest BCUT2D eigenvalue weighted by atomic mass is 79.9. The fourth-order valence-electron chi connectivity index (χ4n) is 1.16. The molecule has 0 bridgehead atoms. The molecule has 0 fully saturated rings. The van der Waals surface area contributed by atoms with Crippen molar-refractivity contribution in [2.45, 2.75) is 26.3 Å². The van der Waals surface area contributed by atoms with Crippen LogP contribution in [0.3, 0.4) is 0 Å². The van der Waals surface area contributed by atoms with E-state index < -0.39 is 0 Å². The van der Waals surface area contributed by atoms with Gasteiger partial charge in [-0.05, 0) is 35.8 Å². The Labute approximate surface area is 102 Å². The highest BCUT2D eigenvalue weighted by molar-refractivity contribution is 9.10. The second-order valence-corrected chi connectivity index (χ2v) is 5.31. The van der Waals surface area contributed by atoms with Crippen molar-refractivity contribution < 1.29 is 9.53 Å². The van der Waals surface area contributed by atoms with Crippen LogP contribution in [0.4, 0.5) is 0 Å². The maximum atomic E-state index is 11.2. The molecular formula is C10H14BrNO2S. The molecule has 1 aromatic heterocycles. The minimum absolute atomic E-state index is 0.236. The molecular weight excluding hydrogens is 278 g/mol. The fraction of sp³-hybridized carbons (Fsp3) is 0.500. The van der Waals surface area contributed by atoms with Gasteiger partial charge in [0.25, 0.3) is 0 Å². The number of carbonyl (C=O) groups is 1. The largest absolute Gasteiger partial charge is 0.466 e. The number of esters is 1. The smallest absolute Gasteiger partial charge is 0.307 e. The predicted molar refractivity (Wildman–Crippen MR) is 64.9 cm³/mol. The van der Waals surface area contributed by atoms with Crippen LogP contribution in [0.15, 0.2) is 10.5 Å². The molecule has 0 amide bonds. The molecule has 0 spiro atoms. The molecule has 2 N–H and O–H groups in total. The molecule has 0 radical (unpaired) electrons. The summed E-state index contributed by atoms with van der Waals surface area (Å²) in [4.78, 5) is 13.4. The minimum Gasteiger partial charge on any atom is -0.466 e. The van der Waals surface area contributed by atoms with Crippen molar-refractivity contribution in [3.8, 4) is 0 Å². The van der Waals surface area contributed by atoms with Gasteiger partial charge in [0.05, 0.1) is 13.0 Å². The summed E-state index contributed by atoms with van der Waals surface area (Å²) >= 11 is 5.02. The molecule has 0 aromatic carbocycles. The first-order chi connectivity index (χ1) is 7.04. The molecule has 1 atom stereocenters. The van der Waals surface area contributed by atoms with Gasteiger partial charge in [-0.25, -0.2) is 0 Å². The van der Waals surface area contributed by atoms with Gasteiger partial charge in [-0.3, -0.25) is 4.79 Å². The summed E-state index contributed by atoms with van der Waals surface area (Å²) in [5, 5.41) is 0. The van der Waals surface area contributed by atoms with Crippen molar-refractivity contribution in [2.24, 2.45) is 5.73 Å². The zero-order valence-corrected chi connectivity index (χ0v) is 11.2. The van der Waals surface area contributed by atoms with E-state index in [4.69, 9.17) is 10.5 Å². The first-order valence-electron chi connectivity index (χ1n) is 4.71. The zero-order valence-electron chi connectivity index (χ0n) is 8.75. The van der Waals surface area contributed by atoms with E-state index in [0.29, 0.717) is 6.61 Å². The lowest BCUT2D eigenvalue weighted by Gasteiger charge is -2.08. The average molecular weight is 292 g/mol. The van der Waals surface area contributed by atoms with E-state index in [1.54, 1.807) is 18.3 Å². The highest BCUT2D eigenvalue weighted by Gasteiger charge is 2.15. The number of aryl methyl sites for hydroxylation is 1.